The van der Waals surface area contributed by atoms with E-state index in [-0.39, 0.29) is 11.0 Å². The first-order valence-electron chi connectivity index (χ1n) is 7.71. The molecule has 23 heavy (non-hydrogen) atoms. The van der Waals surface area contributed by atoms with Crippen molar-refractivity contribution in [2.75, 3.05) is 0 Å². The van der Waals surface area contributed by atoms with Crippen LogP contribution in [0, 0.1) is 6.92 Å². The maximum atomic E-state index is 12.0. The van der Waals surface area contributed by atoms with E-state index < -0.39 is 0 Å². The molecule has 0 radical (unpaired) electrons. The second kappa shape index (κ2) is 4.91. The molecular weight excluding hydrogens is 290 g/mol. The monoisotopic (exact) mass is 307 g/mol. The number of rotatable bonds is 3. The van der Waals surface area contributed by atoms with Gasteiger partial charge in [-0.2, -0.15) is 4.98 Å². The van der Waals surface area contributed by atoms with Gasteiger partial charge in [0.05, 0.1) is 5.56 Å². The fourth-order valence-corrected chi connectivity index (χ4v) is 2.84. The van der Waals surface area contributed by atoms with Crippen LogP contribution in [0.1, 0.15) is 31.0 Å². The summed E-state index contributed by atoms with van der Waals surface area (Å²) in [5, 5.41) is 3.99. The Bertz CT molecular complexity index is 935. The van der Waals surface area contributed by atoms with Crippen LogP contribution in [-0.4, -0.2) is 15.1 Å². The van der Waals surface area contributed by atoms with Crippen molar-refractivity contribution in [2.45, 2.75) is 32.1 Å². The number of benzene rings is 1. The number of pyridine rings is 1. The summed E-state index contributed by atoms with van der Waals surface area (Å²) in [6, 6.07) is 11.7. The second-order valence-corrected chi connectivity index (χ2v) is 6.41. The van der Waals surface area contributed by atoms with Crippen molar-refractivity contribution >= 4 is 0 Å². The Hall–Kier alpha value is -2.69. The van der Waals surface area contributed by atoms with Crippen LogP contribution in [0.2, 0.25) is 0 Å². The SMILES string of the molecule is Cc1ccc(-c2noc(-c3ccccc3C3(C)CC3)n2)c(=O)[nH]1. The third kappa shape index (κ3) is 2.38. The summed E-state index contributed by atoms with van der Waals surface area (Å²) in [6.45, 7) is 4.08. The molecule has 0 atom stereocenters. The number of hydrogen-bond donors (Lipinski definition) is 1. The number of aryl methyl sites for hydroxylation is 1. The molecule has 1 aliphatic carbocycles. The Morgan fingerprint density at radius 1 is 1.13 bits per heavy atom. The Kier molecular flexibility index (Phi) is 2.98. The Balaban J connectivity index is 1.79. The molecule has 0 amide bonds. The highest BCUT2D eigenvalue weighted by Gasteiger charge is 2.41. The van der Waals surface area contributed by atoms with Crippen LogP contribution in [0.25, 0.3) is 22.8 Å². The van der Waals surface area contributed by atoms with Crippen LogP contribution >= 0.6 is 0 Å². The summed E-state index contributed by atoms with van der Waals surface area (Å²) in [5.41, 5.74) is 3.39. The molecular formula is C18H17N3O2. The van der Waals surface area contributed by atoms with Crippen molar-refractivity contribution in [3.05, 3.63) is 58.0 Å². The molecule has 1 aromatic carbocycles. The van der Waals surface area contributed by atoms with Crippen molar-refractivity contribution in [1.82, 2.24) is 15.1 Å². The molecule has 5 heteroatoms. The third-order valence-corrected chi connectivity index (χ3v) is 4.53. The first-order chi connectivity index (χ1) is 11.1. The number of aromatic amines is 1. The first-order valence-corrected chi connectivity index (χ1v) is 7.71. The normalized spacial score (nSPS) is 15.6. The van der Waals surface area contributed by atoms with Crippen LogP contribution in [-0.2, 0) is 5.41 Å². The molecule has 0 saturated heterocycles. The molecule has 1 fully saturated rings. The van der Waals surface area contributed by atoms with E-state index >= 15 is 0 Å². The molecule has 116 valence electrons. The maximum Gasteiger partial charge on any atom is 0.259 e. The van der Waals surface area contributed by atoms with Crippen LogP contribution in [0.5, 0.6) is 0 Å². The van der Waals surface area contributed by atoms with Gasteiger partial charge in [-0.25, -0.2) is 0 Å². The van der Waals surface area contributed by atoms with Crippen molar-refractivity contribution < 1.29 is 4.52 Å². The molecule has 5 nitrogen and oxygen atoms in total. The summed E-state index contributed by atoms with van der Waals surface area (Å²) in [4.78, 5) is 19.2. The fourth-order valence-electron chi connectivity index (χ4n) is 2.84. The van der Waals surface area contributed by atoms with Crippen molar-refractivity contribution in [1.29, 1.82) is 0 Å². The van der Waals surface area contributed by atoms with Gasteiger partial charge in [0.2, 0.25) is 5.82 Å². The molecule has 2 aromatic heterocycles. The minimum atomic E-state index is -0.209. The zero-order valence-corrected chi connectivity index (χ0v) is 13.1. The van der Waals surface area contributed by atoms with E-state index in [4.69, 9.17) is 4.52 Å². The third-order valence-electron chi connectivity index (χ3n) is 4.53. The average Bonchev–Trinajstić information content (AvgIpc) is 3.11. The van der Waals surface area contributed by atoms with Gasteiger partial charge in [0, 0.05) is 11.3 Å². The number of aromatic nitrogens is 3. The molecule has 1 saturated carbocycles. The van der Waals surface area contributed by atoms with Gasteiger partial charge in [0.15, 0.2) is 0 Å². The fraction of sp³-hybridized carbons (Fsp3) is 0.278. The molecule has 0 unspecified atom stereocenters. The van der Waals surface area contributed by atoms with Gasteiger partial charge in [-0.15, -0.1) is 0 Å². The van der Waals surface area contributed by atoms with Gasteiger partial charge in [-0.1, -0.05) is 30.3 Å². The minimum Gasteiger partial charge on any atom is -0.334 e. The number of nitrogens with zero attached hydrogens (tertiary/aromatic N) is 2. The van der Waals surface area contributed by atoms with Crippen LogP contribution in [0.4, 0.5) is 0 Å². The lowest BCUT2D eigenvalue weighted by molar-refractivity contribution is 0.431. The van der Waals surface area contributed by atoms with Crippen LogP contribution in [0.3, 0.4) is 0 Å². The lowest BCUT2D eigenvalue weighted by atomic mass is 9.93. The summed E-state index contributed by atoms with van der Waals surface area (Å²) >= 11 is 0. The van der Waals surface area contributed by atoms with Crippen LogP contribution in [0.15, 0.2) is 45.7 Å². The maximum absolute atomic E-state index is 12.0. The Morgan fingerprint density at radius 2 is 1.91 bits per heavy atom. The minimum absolute atomic E-state index is 0.201. The predicted molar refractivity (Wildman–Crippen MR) is 87.1 cm³/mol. The van der Waals surface area contributed by atoms with E-state index in [9.17, 15) is 4.79 Å². The van der Waals surface area contributed by atoms with Gasteiger partial charge in [0.1, 0.15) is 0 Å². The summed E-state index contributed by atoms with van der Waals surface area (Å²) in [6.07, 6.45) is 2.34. The quantitative estimate of drug-likeness (QED) is 0.804. The Labute approximate surface area is 133 Å². The average molecular weight is 307 g/mol. The van der Waals surface area contributed by atoms with Crippen LogP contribution < -0.4 is 5.56 Å². The predicted octanol–water partition coefficient (Wildman–Crippen LogP) is 3.45. The largest absolute Gasteiger partial charge is 0.334 e. The second-order valence-electron chi connectivity index (χ2n) is 6.41. The number of H-pyrrole nitrogens is 1. The highest BCUT2D eigenvalue weighted by molar-refractivity contribution is 5.64. The van der Waals surface area contributed by atoms with E-state index in [1.54, 1.807) is 6.07 Å². The molecule has 4 rings (SSSR count). The highest BCUT2D eigenvalue weighted by Crippen LogP contribution is 2.50. The van der Waals surface area contributed by atoms with Crippen molar-refractivity contribution in [3.8, 4) is 22.8 Å². The van der Waals surface area contributed by atoms with E-state index in [1.165, 1.54) is 18.4 Å². The topological polar surface area (TPSA) is 71.8 Å². The van der Waals surface area contributed by atoms with E-state index in [1.807, 2.05) is 31.2 Å². The lowest BCUT2D eigenvalue weighted by Gasteiger charge is -2.11. The summed E-state index contributed by atoms with van der Waals surface area (Å²) < 4.78 is 5.44. The first kappa shape index (κ1) is 13.9. The number of hydrogen-bond acceptors (Lipinski definition) is 4. The Morgan fingerprint density at radius 3 is 2.65 bits per heavy atom. The van der Waals surface area contributed by atoms with Gasteiger partial charge >= 0.3 is 0 Å². The lowest BCUT2D eigenvalue weighted by Crippen LogP contribution is -2.10. The van der Waals surface area contributed by atoms with E-state index in [2.05, 4.69) is 28.1 Å². The molecule has 1 aliphatic rings. The standard InChI is InChI=1S/C18H17N3O2/c1-11-7-8-13(16(22)19-11)15-20-17(23-21-15)12-5-3-4-6-14(12)18(2)9-10-18/h3-8H,9-10H2,1-2H3,(H,19,22). The molecule has 2 heterocycles. The molecule has 0 bridgehead atoms. The van der Waals surface area contributed by atoms with E-state index in [0.29, 0.717) is 17.3 Å². The van der Waals surface area contributed by atoms with Crippen molar-refractivity contribution in [3.63, 3.8) is 0 Å². The van der Waals surface area contributed by atoms with E-state index in [0.717, 1.165) is 11.3 Å². The van der Waals surface area contributed by atoms with Gasteiger partial charge in [-0.05, 0) is 48.9 Å². The molecule has 0 spiro atoms. The zero-order chi connectivity index (χ0) is 16.0. The molecule has 0 aliphatic heterocycles. The number of nitrogens with one attached hydrogen (secondary N) is 1. The summed E-state index contributed by atoms with van der Waals surface area (Å²) in [7, 11) is 0. The van der Waals surface area contributed by atoms with Crippen molar-refractivity contribution in [2.24, 2.45) is 0 Å². The molecule has 3 aromatic rings. The molecule has 1 N–H and O–H groups in total. The van der Waals surface area contributed by atoms with Gasteiger partial charge in [-0.3, -0.25) is 4.79 Å². The highest BCUT2D eigenvalue weighted by atomic mass is 16.5. The van der Waals surface area contributed by atoms with Gasteiger partial charge in [0.25, 0.3) is 11.4 Å². The van der Waals surface area contributed by atoms with Gasteiger partial charge < -0.3 is 9.51 Å². The zero-order valence-electron chi connectivity index (χ0n) is 13.1. The summed E-state index contributed by atoms with van der Waals surface area (Å²) in [5.74, 6) is 0.778. The smallest absolute Gasteiger partial charge is 0.259 e.